The van der Waals surface area contributed by atoms with Crippen LogP contribution in [-0.4, -0.2) is 24.4 Å². The van der Waals surface area contributed by atoms with Crippen molar-refractivity contribution in [1.29, 1.82) is 0 Å². The molecule has 0 atom stereocenters. The SMILES string of the molecule is CCCC1(CCC)CCN(C)C1=O.Cc1ccccc1. The van der Waals surface area contributed by atoms with Gasteiger partial charge in [-0.1, -0.05) is 62.6 Å². The van der Waals surface area contributed by atoms with Crippen molar-refractivity contribution in [3.8, 4) is 0 Å². The predicted octanol–water partition coefficient (Wildman–Crippen LogP) is 4.43. The van der Waals surface area contributed by atoms with Crippen LogP contribution in [0.1, 0.15) is 51.5 Å². The molecule has 1 aliphatic heterocycles. The van der Waals surface area contributed by atoms with Gasteiger partial charge in [-0.15, -0.1) is 0 Å². The Bertz CT molecular complexity index is 388. The summed E-state index contributed by atoms with van der Waals surface area (Å²) in [5.41, 5.74) is 1.33. The quantitative estimate of drug-likeness (QED) is 0.796. The Balaban J connectivity index is 0.000000240. The molecule has 0 spiro atoms. The van der Waals surface area contributed by atoms with Crippen molar-refractivity contribution in [2.24, 2.45) is 5.41 Å². The van der Waals surface area contributed by atoms with E-state index in [2.05, 4.69) is 32.9 Å². The molecule has 1 saturated heterocycles. The molecular weight excluding hydrogens is 246 g/mol. The molecule has 20 heavy (non-hydrogen) atoms. The molecule has 2 rings (SSSR count). The molecule has 0 bridgehead atoms. The van der Waals surface area contributed by atoms with Crippen LogP contribution in [-0.2, 0) is 4.79 Å². The Morgan fingerprint density at radius 3 is 1.95 bits per heavy atom. The molecule has 1 aromatic carbocycles. The molecule has 0 radical (unpaired) electrons. The van der Waals surface area contributed by atoms with E-state index in [9.17, 15) is 4.79 Å². The minimum atomic E-state index is 0.0122. The van der Waals surface area contributed by atoms with Gasteiger partial charge < -0.3 is 4.90 Å². The lowest BCUT2D eigenvalue weighted by Crippen LogP contribution is -2.32. The zero-order valence-corrected chi connectivity index (χ0v) is 13.5. The maximum absolute atomic E-state index is 11.9. The van der Waals surface area contributed by atoms with Crippen LogP contribution >= 0.6 is 0 Å². The summed E-state index contributed by atoms with van der Waals surface area (Å²) in [4.78, 5) is 13.8. The van der Waals surface area contributed by atoms with Crippen molar-refractivity contribution in [3.63, 3.8) is 0 Å². The number of rotatable bonds is 4. The molecule has 2 heteroatoms. The summed E-state index contributed by atoms with van der Waals surface area (Å²) in [6.45, 7) is 7.38. The zero-order chi connectivity index (χ0) is 15.0. The molecule has 1 fully saturated rings. The molecule has 112 valence electrons. The van der Waals surface area contributed by atoms with Gasteiger partial charge in [-0.2, -0.15) is 0 Å². The number of aryl methyl sites for hydroxylation is 1. The molecule has 1 heterocycles. The van der Waals surface area contributed by atoms with Gasteiger partial charge in [0.2, 0.25) is 5.91 Å². The second-order valence-corrected chi connectivity index (χ2v) is 5.91. The molecule has 1 aliphatic rings. The zero-order valence-electron chi connectivity index (χ0n) is 13.5. The van der Waals surface area contributed by atoms with Crippen LogP contribution in [0.4, 0.5) is 0 Å². The van der Waals surface area contributed by atoms with Crippen molar-refractivity contribution in [2.75, 3.05) is 13.6 Å². The lowest BCUT2D eigenvalue weighted by atomic mass is 9.78. The molecule has 1 aromatic rings. The minimum Gasteiger partial charge on any atom is -0.345 e. The van der Waals surface area contributed by atoms with Gasteiger partial charge in [-0.25, -0.2) is 0 Å². The van der Waals surface area contributed by atoms with Crippen LogP contribution in [0.2, 0.25) is 0 Å². The van der Waals surface area contributed by atoms with E-state index < -0.39 is 0 Å². The van der Waals surface area contributed by atoms with Crippen molar-refractivity contribution in [2.45, 2.75) is 52.9 Å². The van der Waals surface area contributed by atoms with Crippen molar-refractivity contribution < 1.29 is 4.79 Å². The van der Waals surface area contributed by atoms with Crippen molar-refractivity contribution in [3.05, 3.63) is 35.9 Å². The summed E-state index contributed by atoms with van der Waals surface area (Å²) >= 11 is 0. The number of carbonyl (C=O) groups excluding carboxylic acids is 1. The Labute approximate surface area is 124 Å². The Morgan fingerprint density at radius 1 is 1.10 bits per heavy atom. The first kappa shape index (κ1) is 16.7. The summed E-state index contributed by atoms with van der Waals surface area (Å²) in [5, 5.41) is 0. The third kappa shape index (κ3) is 4.36. The first-order chi connectivity index (χ1) is 9.55. The topological polar surface area (TPSA) is 20.3 Å². The monoisotopic (exact) mass is 275 g/mol. The van der Waals surface area contributed by atoms with E-state index in [1.165, 1.54) is 5.56 Å². The standard InChI is InChI=1S/C11H21NO.C7H8/c1-4-6-11(7-5-2)8-9-12(3)10(11)13;1-7-5-3-2-4-6-7/h4-9H2,1-3H3;2-6H,1H3. The highest BCUT2D eigenvalue weighted by atomic mass is 16.2. The summed E-state index contributed by atoms with van der Waals surface area (Å²) in [6, 6.07) is 10.3. The maximum atomic E-state index is 11.9. The first-order valence-electron chi connectivity index (χ1n) is 7.83. The Kier molecular flexibility index (Phi) is 6.77. The normalized spacial score (nSPS) is 16.8. The van der Waals surface area contributed by atoms with Gasteiger partial charge in [0, 0.05) is 13.6 Å². The van der Waals surface area contributed by atoms with Crippen LogP contribution in [0.3, 0.4) is 0 Å². The van der Waals surface area contributed by atoms with Gasteiger partial charge in [-0.05, 0) is 26.2 Å². The molecular formula is C18H29NO. The predicted molar refractivity (Wildman–Crippen MR) is 85.7 cm³/mol. The molecule has 0 aliphatic carbocycles. The summed E-state index contributed by atoms with van der Waals surface area (Å²) in [5.74, 6) is 0.385. The van der Waals surface area contributed by atoms with E-state index in [1.54, 1.807) is 0 Å². The smallest absolute Gasteiger partial charge is 0.228 e. The van der Waals surface area contributed by atoms with Gasteiger partial charge in [0.05, 0.1) is 5.41 Å². The van der Waals surface area contributed by atoms with Gasteiger partial charge in [-0.3, -0.25) is 4.79 Å². The number of likely N-dealkylation sites (tertiary alicyclic amines) is 1. The van der Waals surface area contributed by atoms with Crippen LogP contribution in [0.15, 0.2) is 30.3 Å². The lowest BCUT2D eigenvalue weighted by molar-refractivity contribution is -0.135. The highest BCUT2D eigenvalue weighted by Gasteiger charge is 2.43. The fourth-order valence-corrected chi connectivity index (χ4v) is 3.08. The van der Waals surface area contributed by atoms with Gasteiger partial charge in [0.25, 0.3) is 0 Å². The highest BCUT2D eigenvalue weighted by molar-refractivity contribution is 5.84. The van der Waals surface area contributed by atoms with E-state index in [1.807, 2.05) is 30.1 Å². The molecule has 1 amide bonds. The summed E-state index contributed by atoms with van der Waals surface area (Å²) in [6.07, 6.45) is 5.47. The molecule has 0 saturated carbocycles. The van der Waals surface area contributed by atoms with E-state index in [0.717, 1.165) is 38.6 Å². The fraction of sp³-hybridized carbons (Fsp3) is 0.611. The van der Waals surface area contributed by atoms with Crippen molar-refractivity contribution >= 4 is 5.91 Å². The number of benzene rings is 1. The van der Waals surface area contributed by atoms with Gasteiger partial charge in [0.1, 0.15) is 0 Å². The second-order valence-electron chi connectivity index (χ2n) is 5.91. The lowest BCUT2D eigenvalue weighted by Gasteiger charge is -2.26. The second kappa shape index (κ2) is 8.08. The van der Waals surface area contributed by atoms with Gasteiger partial charge >= 0.3 is 0 Å². The number of nitrogens with zero attached hydrogens (tertiary/aromatic N) is 1. The number of hydrogen-bond acceptors (Lipinski definition) is 1. The number of carbonyl (C=O) groups is 1. The van der Waals surface area contributed by atoms with Crippen molar-refractivity contribution in [1.82, 2.24) is 4.90 Å². The Hall–Kier alpha value is -1.31. The number of hydrogen-bond donors (Lipinski definition) is 0. The fourth-order valence-electron chi connectivity index (χ4n) is 3.08. The van der Waals surface area contributed by atoms with E-state index >= 15 is 0 Å². The van der Waals surface area contributed by atoms with E-state index in [-0.39, 0.29) is 5.41 Å². The minimum absolute atomic E-state index is 0.0122. The highest BCUT2D eigenvalue weighted by Crippen LogP contribution is 2.39. The maximum Gasteiger partial charge on any atom is 0.228 e. The molecule has 0 unspecified atom stereocenters. The Morgan fingerprint density at radius 2 is 1.65 bits per heavy atom. The third-order valence-corrected chi connectivity index (χ3v) is 4.12. The van der Waals surface area contributed by atoms with E-state index in [0.29, 0.717) is 5.91 Å². The van der Waals surface area contributed by atoms with Crippen LogP contribution < -0.4 is 0 Å². The average Bonchev–Trinajstić information content (AvgIpc) is 2.70. The third-order valence-electron chi connectivity index (χ3n) is 4.12. The van der Waals surface area contributed by atoms with E-state index in [4.69, 9.17) is 0 Å². The van der Waals surface area contributed by atoms with Gasteiger partial charge in [0.15, 0.2) is 0 Å². The molecule has 0 N–H and O–H groups in total. The number of amides is 1. The van der Waals surface area contributed by atoms with Crippen LogP contribution in [0, 0.1) is 12.3 Å². The summed E-state index contributed by atoms with van der Waals surface area (Å²) < 4.78 is 0. The van der Waals surface area contributed by atoms with Crippen LogP contribution in [0.5, 0.6) is 0 Å². The summed E-state index contributed by atoms with van der Waals surface area (Å²) in [7, 11) is 1.93. The van der Waals surface area contributed by atoms with Crippen LogP contribution in [0.25, 0.3) is 0 Å². The molecule has 0 aromatic heterocycles. The average molecular weight is 275 g/mol. The largest absolute Gasteiger partial charge is 0.345 e. The molecule has 2 nitrogen and oxygen atoms in total. The first-order valence-corrected chi connectivity index (χ1v) is 7.83.